The van der Waals surface area contributed by atoms with Crippen LogP contribution in [0, 0.1) is 0 Å². The minimum atomic E-state index is 0.237. The molecule has 1 fully saturated rings. The first-order valence-corrected chi connectivity index (χ1v) is 8.72. The van der Waals surface area contributed by atoms with Crippen LogP contribution in [-0.4, -0.2) is 36.1 Å². The van der Waals surface area contributed by atoms with Crippen molar-refractivity contribution in [1.82, 2.24) is 15.2 Å². The summed E-state index contributed by atoms with van der Waals surface area (Å²) in [5.74, 6) is 0. The molecule has 1 aliphatic heterocycles. The Labute approximate surface area is 140 Å². The van der Waals surface area contributed by atoms with Crippen LogP contribution >= 0.6 is 15.9 Å². The van der Waals surface area contributed by atoms with Crippen molar-refractivity contribution in [2.45, 2.75) is 19.4 Å². The Morgan fingerprint density at radius 3 is 2.45 bits per heavy atom. The molecule has 1 aliphatic rings. The van der Waals surface area contributed by atoms with E-state index < -0.39 is 0 Å². The Morgan fingerprint density at radius 2 is 1.86 bits per heavy atom. The summed E-state index contributed by atoms with van der Waals surface area (Å²) in [5.41, 5.74) is 3.74. The van der Waals surface area contributed by atoms with E-state index in [1.807, 2.05) is 6.20 Å². The maximum atomic E-state index is 4.75. The summed E-state index contributed by atoms with van der Waals surface area (Å²) in [6.45, 7) is 6.36. The molecule has 0 spiro atoms. The minimum Gasteiger partial charge on any atom is -0.314 e. The lowest BCUT2D eigenvalue weighted by atomic mass is 10.00. The van der Waals surface area contributed by atoms with Gasteiger partial charge in [0.2, 0.25) is 0 Å². The number of benzene rings is 1. The molecule has 0 amide bonds. The molecular weight excluding hydrogens is 338 g/mol. The first-order chi connectivity index (χ1) is 10.8. The van der Waals surface area contributed by atoms with Crippen LogP contribution in [0.1, 0.15) is 29.8 Å². The van der Waals surface area contributed by atoms with Gasteiger partial charge in [-0.3, -0.25) is 9.88 Å². The van der Waals surface area contributed by atoms with Gasteiger partial charge in [-0.1, -0.05) is 41.1 Å². The first-order valence-electron chi connectivity index (χ1n) is 7.93. The van der Waals surface area contributed by atoms with E-state index >= 15 is 0 Å². The maximum Gasteiger partial charge on any atom is 0.0777 e. The van der Waals surface area contributed by atoms with Crippen LogP contribution in [0.25, 0.3) is 0 Å². The molecular formula is C18H22BrN3. The topological polar surface area (TPSA) is 28.2 Å². The van der Waals surface area contributed by atoms with E-state index in [-0.39, 0.29) is 6.04 Å². The summed E-state index contributed by atoms with van der Waals surface area (Å²) in [7, 11) is 0. The summed E-state index contributed by atoms with van der Waals surface area (Å²) in [6.07, 6.45) is 3.05. The molecule has 2 aromatic rings. The molecule has 3 nitrogen and oxygen atoms in total. The molecule has 116 valence electrons. The van der Waals surface area contributed by atoms with Gasteiger partial charge in [0.1, 0.15) is 0 Å². The van der Waals surface area contributed by atoms with Gasteiger partial charge in [0.15, 0.2) is 0 Å². The van der Waals surface area contributed by atoms with E-state index in [0.29, 0.717) is 0 Å². The molecule has 4 heteroatoms. The lowest BCUT2D eigenvalue weighted by Crippen LogP contribution is -2.45. The zero-order valence-electron chi connectivity index (χ0n) is 12.9. The van der Waals surface area contributed by atoms with Crippen LogP contribution in [0.2, 0.25) is 0 Å². The van der Waals surface area contributed by atoms with Crippen molar-refractivity contribution in [2.24, 2.45) is 0 Å². The Kier molecular flexibility index (Phi) is 5.24. The third kappa shape index (κ3) is 3.57. The molecule has 1 N–H and O–H groups in total. The molecule has 0 bridgehead atoms. The number of aromatic nitrogens is 1. The Bertz CT molecular complexity index is 589. The molecule has 3 rings (SSSR count). The summed E-state index contributed by atoms with van der Waals surface area (Å²) < 4.78 is 1.12. The largest absolute Gasteiger partial charge is 0.314 e. The summed E-state index contributed by atoms with van der Waals surface area (Å²) >= 11 is 3.53. The van der Waals surface area contributed by atoms with Gasteiger partial charge < -0.3 is 5.32 Å². The molecule has 2 heterocycles. The number of nitrogens with zero attached hydrogens (tertiary/aromatic N) is 2. The summed E-state index contributed by atoms with van der Waals surface area (Å²) in [4.78, 5) is 7.27. The Balaban J connectivity index is 1.95. The van der Waals surface area contributed by atoms with Gasteiger partial charge in [-0.15, -0.1) is 0 Å². The third-order valence-corrected chi connectivity index (χ3v) is 4.77. The van der Waals surface area contributed by atoms with E-state index in [9.17, 15) is 0 Å². The fourth-order valence-electron chi connectivity index (χ4n) is 2.96. The molecule has 1 aromatic heterocycles. The number of halogens is 1. The molecule has 0 aliphatic carbocycles. The number of aryl methyl sites for hydroxylation is 1. The molecule has 1 aromatic carbocycles. The van der Waals surface area contributed by atoms with Gasteiger partial charge in [-0.05, 0) is 35.7 Å². The average Bonchev–Trinajstić information content (AvgIpc) is 2.58. The number of piperazine rings is 1. The van der Waals surface area contributed by atoms with Crippen molar-refractivity contribution >= 4 is 15.9 Å². The SMILES string of the molecule is CCc1ccc(C(c2ccc(Br)cc2)N2CCNCC2)nc1. The van der Waals surface area contributed by atoms with E-state index in [0.717, 1.165) is 42.8 Å². The Morgan fingerprint density at radius 1 is 1.14 bits per heavy atom. The van der Waals surface area contributed by atoms with Gasteiger partial charge in [0.05, 0.1) is 11.7 Å². The van der Waals surface area contributed by atoms with Gasteiger partial charge in [0, 0.05) is 36.8 Å². The smallest absolute Gasteiger partial charge is 0.0777 e. The fourth-order valence-corrected chi connectivity index (χ4v) is 3.23. The molecule has 1 atom stereocenters. The fraction of sp³-hybridized carbons (Fsp3) is 0.389. The second-order valence-electron chi connectivity index (χ2n) is 5.68. The zero-order valence-corrected chi connectivity index (χ0v) is 14.5. The minimum absolute atomic E-state index is 0.237. The lowest BCUT2D eigenvalue weighted by Gasteiger charge is -2.35. The van der Waals surface area contributed by atoms with Crippen LogP contribution in [0.3, 0.4) is 0 Å². The molecule has 1 saturated heterocycles. The van der Waals surface area contributed by atoms with Crippen molar-refractivity contribution in [3.05, 3.63) is 63.9 Å². The van der Waals surface area contributed by atoms with Crippen molar-refractivity contribution in [3.8, 4) is 0 Å². The highest BCUT2D eigenvalue weighted by atomic mass is 79.9. The molecule has 0 radical (unpaired) electrons. The van der Waals surface area contributed by atoms with Gasteiger partial charge in [0.25, 0.3) is 0 Å². The zero-order chi connectivity index (χ0) is 15.4. The standard InChI is InChI=1S/C18H22BrN3/c1-2-14-3-8-17(21-13-14)18(22-11-9-20-10-12-22)15-4-6-16(19)7-5-15/h3-8,13,18,20H,2,9-12H2,1H3. The number of hydrogen-bond acceptors (Lipinski definition) is 3. The van der Waals surface area contributed by atoms with Gasteiger partial charge in [-0.25, -0.2) is 0 Å². The van der Waals surface area contributed by atoms with Crippen molar-refractivity contribution in [3.63, 3.8) is 0 Å². The normalized spacial score (nSPS) is 17.4. The predicted octanol–water partition coefficient (Wildman–Crippen LogP) is 3.40. The average molecular weight is 360 g/mol. The Hall–Kier alpha value is -1.23. The number of rotatable bonds is 4. The monoisotopic (exact) mass is 359 g/mol. The second-order valence-corrected chi connectivity index (χ2v) is 6.60. The third-order valence-electron chi connectivity index (χ3n) is 4.24. The van der Waals surface area contributed by atoms with E-state index in [1.165, 1.54) is 11.1 Å². The van der Waals surface area contributed by atoms with Crippen molar-refractivity contribution in [2.75, 3.05) is 26.2 Å². The summed E-state index contributed by atoms with van der Waals surface area (Å²) in [6, 6.07) is 13.3. The van der Waals surface area contributed by atoms with Crippen LogP contribution in [-0.2, 0) is 6.42 Å². The van der Waals surface area contributed by atoms with Crippen molar-refractivity contribution < 1.29 is 0 Å². The van der Waals surface area contributed by atoms with E-state index in [4.69, 9.17) is 4.98 Å². The van der Waals surface area contributed by atoms with Gasteiger partial charge in [-0.2, -0.15) is 0 Å². The van der Waals surface area contributed by atoms with Gasteiger partial charge >= 0.3 is 0 Å². The first kappa shape index (κ1) is 15.7. The van der Waals surface area contributed by atoms with Crippen LogP contribution in [0.4, 0.5) is 0 Å². The number of nitrogens with one attached hydrogen (secondary N) is 1. The second kappa shape index (κ2) is 7.36. The predicted molar refractivity (Wildman–Crippen MR) is 94.0 cm³/mol. The highest BCUT2D eigenvalue weighted by Gasteiger charge is 2.24. The highest BCUT2D eigenvalue weighted by molar-refractivity contribution is 9.10. The van der Waals surface area contributed by atoms with E-state index in [1.54, 1.807) is 0 Å². The van der Waals surface area contributed by atoms with Crippen LogP contribution in [0.5, 0.6) is 0 Å². The number of hydrogen-bond donors (Lipinski definition) is 1. The molecule has 22 heavy (non-hydrogen) atoms. The summed E-state index contributed by atoms with van der Waals surface area (Å²) in [5, 5.41) is 3.43. The number of pyridine rings is 1. The lowest BCUT2D eigenvalue weighted by molar-refractivity contribution is 0.195. The maximum absolute atomic E-state index is 4.75. The van der Waals surface area contributed by atoms with Crippen LogP contribution < -0.4 is 5.32 Å². The molecule has 0 saturated carbocycles. The molecule has 1 unspecified atom stereocenters. The highest BCUT2D eigenvalue weighted by Crippen LogP contribution is 2.28. The van der Waals surface area contributed by atoms with Crippen LogP contribution in [0.15, 0.2) is 47.1 Å². The van der Waals surface area contributed by atoms with Crippen molar-refractivity contribution in [1.29, 1.82) is 0 Å². The van der Waals surface area contributed by atoms with E-state index in [2.05, 4.69) is 69.5 Å². The quantitative estimate of drug-likeness (QED) is 0.906.